The molecule has 0 spiro atoms. The molecule has 0 radical (unpaired) electrons. The molecule has 1 atom stereocenters. The average molecular weight is 687 g/mol. The molecule has 4 rings (SSSR count). The minimum absolute atomic E-state index is 0.392. The summed E-state index contributed by atoms with van der Waals surface area (Å²) >= 11 is 0. The molecule has 0 amide bonds. The third kappa shape index (κ3) is 22.7. The van der Waals surface area contributed by atoms with Crippen molar-refractivity contribution in [2.75, 3.05) is 26.2 Å². The first-order valence-corrected chi connectivity index (χ1v) is 20.6. The van der Waals surface area contributed by atoms with E-state index in [1.165, 1.54) is 96.6 Å². The van der Waals surface area contributed by atoms with Crippen molar-refractivity contribution in [2.45, 2.75) is 171 Å². The van der Waals surface area contributed by atoms with Gasteiger partial charge in [-0.1, -0.05) is 60.5 Å². The first-order chi connectivity index (χ1) is 23.2. The zero-order chi connectivity index (χ0) is 36.8. The largest absolute Gasteiger partial charge is 0.411 e. The predicted octanol–water partition coefficient (Wildman–Crippen LogP) is 10.7. The van der Waals surface area contributed by atoms with Crippen molar-refractivity contribution >= 4 is 11.5 Å². The summed E-state index contributed by atoms with van der Waals surface area (Å²) in [4.78, 5) is 5.98. The number of nitrogens with zero attached hydrogens (tertiary/aromatic N) is 3. The summed E-state index contributed by atoms with van der Waals surface area (Å²) in [6.07, 6.45) is 21.2. The summed E-state index contributed by atoms with van der Waals surface area (Å²) < 4.78 is 0. The van der Waals surface area contributed by atoms with Gasteiger partial charge in [-0.2, -0.15) is 0 Å². The van der Waals surface area contributed by atoms with E-state index in [4.69, 9.17) is 28.7 Å². The summed E-state index contributed by atoms with van der Waals surface area (Å²) in [5, 5.41) is 19.2. The van der Waals surface area contributed by atoms with Crippen molar-refractivity contribution < 1.29 is 5.21 Å². The molecule has 7 heteroatoms. The fourth-order valence-electron chi connectivity index (χ4n) is 8.61. The Morgan fingerprint density at radius 2 is 1.20 bits per heavy atom. The molecule has 3 aliphatic carbocycles. The van der Waals surface area contributed by atoms with Gasteiger partial charge in [0.2, 0.25) is 6.54 Å². The van der Waals surface area contributed by atoms with Gasteiger partial charge in [0.15, 0.2) is 0 Å². The standard InChI is InChI=1S/C12H21N.C11H22N2.C10H19NO.C9H20N2/c1-10(2)8-11-4-6-12(7-5-11)9-13-3;1-8(2)7-9-3-5-10(6-4-9)11(12)13;1-8(2)7-9-3-5-10(11-12)6-4-9;1-8(2)6-11-5-3-4-9(10)7-11/h10-12H,4-9H2,1-2H3;8-10H,3-7H2,1-2H3,(H3,12,13);8-9,12H,3-7H2,1-2H3;8-9H,3-7,10H2,1-2H3. The molecule has 0 bridgehead atoms. The Labute approximate surface area is 304 Å². The van der Waals surface area contributed by atoms with Crippen molar-refractivity contribution in [3.05, 3.63) is 11.4 Å². The van der Waals surface area contributed by atoms with Gasteiger partial charge in [-0.05, 0) is 157 Å². The second-order valence-corrected chi connectivity index (χ2v) is 18.0. The molecule has 0 aromatic rings. The fourth-order valence-corrected chi connectivity index (χ4v) is 8.61. The maximum atomic E-state index is 8.55. The molecule has 6 N–H and O–H groups in total. The average Bonchev–Trinajstić information content (AvgIpc) is 3.03. The lowest BCUT2D eigenvalue weighted by atomic mass is 9.78. The SMILES string of the molecule is CC(C)CC1CCC(=NO)CC1.CC(C)CC1CCC(C(=N)N)CC1.CC(C)CN1CCCC(N)C1.[C-]#[N+]CC1CCC(CC(C)C)CC1. The van der Waals surface area contributed by atoms with Crippen molar-refractivity contribution in [1.82, 2.24) is 4.90 Å². The highest BCUT2D eigenvalue weighted by molar-refractivity contribution is 5.84. The van der Waals surface area contributed by atoms with Gasteiger partial charge in [0, 0.05) is 31.0 Å². The van der Waals surface area contributed by atoms with E-state index in [9.17, 15) is 0 Å². The third-order valence-electron chi connectivity index (χ3n) is 11.0. The number of amidine groups is 1. The van der Waals surface area contributed by atoms with Crippen molar-refractivity contribution in [3.8, 4) is 0 Å². The summed E-state index contributed by atoms with van der Waals surface area (Å²) in [6.45, 7) is 29.5. The summed E-state index contributed by atoms with van der Waals surface area (Å²) in [6, 6.07) is 0.433. The van der Waals surface area contributed by atoms with Crippen LogP contribution >= 0.6 is 0 Å². The number of hydrogen-bond donors (Lipinski definition) is 4. The lowest BCUT2D eigenvalue weighted by Gasteiger charge is -2.31. The van der Waals surface area contributed by atoms with Crippen molar-refractivity contribution in [3.63, 3.8) is 0 Å². The topological polar surface area (TPSA) is 116 Å². The first kappa shape index (κ1) is 45.4. The molecular formula is C42H82N6O. The lowest BCUT2D eigenvalue weighted by Crippen LogP contribution is -2.44. The number of hydrogen-bond acceptors (Lipinski definition) is 5. The van der Waals surface area contributed by atoms with Crippen LogP contribution in [0.4, 0.5) is 0 Å². The van der Waals surface area contributed by atoms with Crippen LogP contribution in [0.3, 0.4) is 0 Å². The molecule has 286 valence electrons. The number of oxime groups is 1. The quantitative estimate of drug-likeness (QED) is 0.0601. The smallest absolute Gasteiger partial charge is 0.217 e. The van der Waals surface area contributed by atoms with Crippen LogP contribution in [0, 0.1) is 65.2 Å². The van der Waals surface area contributed by atoms with Gasteiger partial charge in [-0.3, -0.25) is 5.41 Å². The van der Waals surface area contributed by atoms with Gasteiger partial charge < -0.3 is 26.4 Å². The maximum absolute atomic E-state index is 8.55. The molecule has 4 fully saturated rings. The molecule has 0 aromatic heterocycles. The molecule has 1 aliphatic heterocycles. The number of likely N-dealkylation sites (tertiary alicyclic amines) is 1. The van der Waals surface area contributed by atoms with Gasteiger partial charge in [0.05, 0.1) is 11.5 Å². The van der Waals surface area contributed by atoms with E-state index in [0.717, 1.165) is 91.8 Å². The Bertz CT molecular complexity index is 897. The van der Waals surface area contributed by atoms with Crippen LogP contribution in [0.25, 0.3) is 4.85 Å². The summed E-state index contributed by atoms with van der Waals surface area (Å²) in [5.41, 5.74) is 12.4. The number of rotatable bonds is 10. The Kier molecular flexibility index (Phi) is 24.2. The number of nitrogens with two attached hydrogens (primary N) is 2. The molecular weight excluding hydrogens is 605 g/mol. The van der Waals surface area contributed by atoms with E-state index >= 15 is 0 Å². The minimum Gasteiger partial charge on any atom is -0.411 e. The third-order valence-corrected chi connectivity index (χ3v) is 11.0. The van der Waals surface area contributed by atoms with Gasteiger partial charge in [-0.25, -0.2) is 6.57 Å². The van der Waals surface area contributed by atoms with Crippen molar-refractivity contribution in [1.29, 1.82) is 5.41 Å². The Morgan fingerprint density at radius 1 is 0.755 bits per heavy atom. The Morgan fingerprint density at radius 3 is 1.59 bits per heavy atom. The summed E-state index contributed by atoms with van der Waals surface area (Å²) in [7, 11) is 0. The maximum Gasteiger partial charge on any atom is 0.217 e. The highest BCUT2D eigenvalue weighted by Crippen LogP contribution is 2.33. The normalized spacial score (nSPS) is 27.6. The first-order valence-electron chi connectivity index (χ1n) is 20.6. The monoisotopic (exact) mass is 687 g/mol. The van der Waals surface area contributed by atoms with Crippen LogP contribution in [0.5, 0.6) is 0 Å². The molecule has 0 aromatic carbocycles. The van der Waals surface area contributed by atoms with Gasteiger partial charge in [-0.15, -0.1) is 0 Å². The number of nitrogens with one attached hydrogen (secondary N) is 1. The van der Waals surface area contributed by atoms with Gasteiger partial charge in [0.25, 0.3) is 0 Å². The van der Waals surface area contributed by atoms with Crippen LogP contribution in [-0.4, -0.2) is 53.9 Å². The molecule has 4 aliphatic rings. The minimum atomic E-state index is 0.392. The molecule has 1 unspecified atom stereocenters. The van der Waals surface area contributed by atoms with E-state index in [-0.39, 0.29) is 0 Å². The van der Waals surface area contributed by atoms with E-state index < -0.39 is 0 Å². The molecule has 49 heavy (non-hydrogen) atoms. The van der Waals surface area contributed by atoms with Crippen molar-refractivity contribution in [2.24, 2.45) is 69.9 Å². The highest BCUT2D eigenvalue weighted by atomic mass is 16.4. The van der Waals surface area contributed by atoms with Gasteiger partial charge >= 0.3 is 0 Å². The second kappa shape index (κ2) is 26.2. The highest BCUT2D eigenvalue weighted by Gasteiger charge is 2.24. The van der Waals surface area contributed by atoms with Gasteiger partial charge in [0.1, 0.15) is 0 Å². The number of piperidine rings is 1. The van der Waals surface area contributed by atoms with E-state index in [2.05, 4.69) is 70.3 Å². The Hall–Kier alpha value is -1.65. The fraction of sp³-hybridized carbons (Fsp3) is 0.929. The zero-order valence-corrected chi connectivity index (χ0v) is 33.6. The molecule has 7 nitrogen and oxygen atoms in total. The van der Waals surface area contributed by atoms with Crippen LogP contribution < -0.4 is 11.5 Å². The Balaban J connectivity index is 0.000000327. The summed E-state index contributed by atoms with van der Waals surface area (Å²) in [5.74, 6) is 7.50. The zero-order valence-electron chi connectivity index (χ0n) is 33.6. The predicted molar refractivity (Wildman–Crippen MR) is 212 cm³/mol. The second-order valence-electron chi connectivity index (χ2n) is 18.0. The van der Waals surface area contributed by atoms with Crippen LogP contribution in [0.2, 0.25) is 0 Å². The molecule has 1 saturated heterocycles. The van der Waals surface area contributed by atoms with E-state index in [0.29, 0.717) is 17.8 Å². The van der Waals surface area contributed by atoms with Crippen LogP contribution in [0.1, 0.15) is 165 Å². The van der Waals surface area contributed by atoms with E-state index in [1.807, 2.05) is 0 Å². The van der Waals surface area contributed by atoms with E-state index in [1.54, 1.807) is 0 Å². The van der Waals surface area contributed by atoms with Crippen LogP contribution in [-0.2, 0) is 0 Å². The lowest BCUT2D eigenvalue weighted by molar-refractivity contribution is 0.189. The van der Waals surface area contributed by atoms with Crippen LogP contribution in [0.15, 0.2) is 5.16 Å². The molecule has 1 heterocycles. The molecule has 3 saturated carbocycles.